The lowest BCUT2D eigenvalue weighted by Crippen LogP contribution is -1.80. The Hall–Kier alpha value is 0.410. The first-order valence-electron chi connectivity index (χ1n) is 3.18. The molecule has 0 N–H and O–H groups in total. The fourth-order valence-electron chi connectivity index (χ4n) is 0.767. The maximum absolute atomic E-state index is 5.84. The normalized spacial score (nSPS) is 9.92. The summed E-state index contributed by atoms with van der Waals surface area (Å²) in [6.07, 6.45) is 0. The molecule has 0 heterocycles. The van der Waals surface area contributed by atoms with E-state index in [-0.39, 0.29) is 9.52 Å². The largest absolute Gasteiger partial charge is 0.126 e. The molecule has 1 aromatic carbocycles. The van der Waals surface area contributed by atoms with Crippen LogP contribution >= 0.6 is 58.0 Å². The zero-order valence-electron chi connectivity index (χ0n) is 6.12. The zero-order valence-corrected chi connectivity index (χ0v) is 9.90. The third kappa shape index (κ3) is 2.93. The molecule has 5 heteroatoms. The number of hydrogen-bond acceptors (Lipinski definition) is 0. The second-order valence-electron chi connectivity index (χ2n) is 2.20. The molecule has 0 fully saturated rings. The quantitative estimate of drug-likeness (QED) is 0.650. The van der Waals surface area contributed by atoms with Crippen LogP contribution in [0.2, 0.25) is 10.0 Å². The van der Waals surface area contributed by atoms with Gasteiger partial charge in [-0.3, -0.25) is 0 Å². The van der Waals surface area contributed by atoms with E-state index in [0.29, 0.717) is 15.6 Å². The van der Waals surface area contributed by atoms with E-state index in [2.05, 4.69) is 0 Å². The number of rotatable bonds is 1. The third-order valence-corrected chi connectivity index (χ3v) is 2.86. The van der Waals surface area contributed by atoms with Gasteiger partial charge in [0.1, 0.15) is 4.49 Å². The van der Waals surface area contributed by atoms with Gasteiger partial charge in [-0.2, -0.15) is 0 Å². The predicted molar refractivity (Wildman–Crippen MR) is 60.9 cm³/mol. The van der Waals surface area contributed by atoms with Crippen molar-refractivity contribution in [2.45, 2.75) is 0 Å². The van der Waals surface area contributed by atoms with Gasteiger partial charge in [0.2, 0.25) is 0 Å². The number of hydrogen-bond donors (Lipinski definition) is 0. The molecule has 0 bridgehead atoms. The van der Waals surface area contributed by atoms with Crippen LogP contribution in [0.25, 0.3) is 5.03 Å². The second kappa shape index (κ2) is 4.77. The molecular formula is C8H3Cl5. The van der Waals surface area contributed by atoms with Crippen molar-refractivity contribution < 1.29 is 0 Å². The Morgan fingerprint density at radius 3 is 2.15 bits per heavy atom. The van der Waals surface area contributed by atoms with E-state index in [1.807, 2.05) is 0 Å². The Balaban J connectivity index is 3.29. The minimum Gasteiger partial charge on any atom is -0.0843 e. The first kappa shape index (κ1) is 11.5. The minimum absolute atomic E-state index is 0.0363. The molecule has 0 atom stereocenters. The van der Waals surface area contributed by atoms with Crippen molar-refractivity contribution in [2.75, 3.05) is 0 Å². The van der Waals surface area contributed by atoms with Crippen LogP contribution < -0.4 is 0 Å². The Kier molecular flexibility index (Phi) is 4.21. The van der Waals surface area contributed by atoms with Gasteiger partial charge in [-0.05, 0) is 18.2 Å². The van der Waals surface area contributed by atoms with Crippen molar-refractivity contribution in [2.24, 2.45) is 0 Å². The van der Waals surface area contributed by atoms with Gasteiger partial charge in [0.15, 0.2) is 0 Å². The van der Waals surface area contributed by atoms with Crippen LogP contribution in [0.5, 0.6) is 0 Å². The molecule has 0 nitrogen and oxygen atoms in total. The Morgan fingerprint density at radius 1 is 1.00 bits per heavy atom. The summed E-state index contributed by atoms with van der Waals surface area (Å²) in [7, 11) is 0. The topological polar surface area (TPSA) is 0 Å². The van der Waals surface area contributed by atoms with Crippen LogP contribution in [0.15, 0.2) is 22.7 Å². The average Bonchev–Trinajstić information content (AvgIpc) is 2.08. The van der Waals surface area contributed by atoms with Crippen LogP contribution in [0.1, 0.15) is 5.56 Å². The predicted octanol–water partition coefficient (Wildman–Crippen LogP) is 5.34. The average molecular weight is 276 g/mol. The van der Waals surface area contributed by atoms with Gasteiger partial charge in [-0.15, -0.1) is 0 Å². The van der Waals surface area contributed by atoms with E-state index in [9.17, 15) is 0 Å². The summed E-state index contributed by atoms with van der Waals surface area (Å²) in [4.78, 5) is 0. The molecule has 0 saturated heterocycles. The molecule has 0 saturated carbocycles. The molecule has 0 aliphatic carbocycles. The molecule has 0 aliphatic rings. The second-order valence-corrected chi connectivity index (χ2v) is 4.37. The van der Waals surface area contributed by atoms with Crippen molar-refractivity contribution in [1.82, 2.24) is 0 Å². The van der Waals surface area contributed by atoms with Crippen molar-refractivity contribution in [1.29, 1.82) is 0 Å². The monoisotopic (exact) mass is 274 g/mol. The fourth-order valence-corrected chi connectivity index (χ4v) is 1.56. The van der Waals surface area contributed by atoms with Gasteiger partial charge in [0, 0.05) is 15.6 Å². The maximum atomic E-state index is 5.84. The van der Waals surface area contributed by atoms with Gasteiger partial charge in [-0.25, -0.2) is 0 Å². The molecular weight excluding hydrogens is 273 g/mol. The van der Waals surface area contributed by atoms with Gasteiger partial charge >= 0.3 is 0 Å². The summed E-state index contributed by atoms with van der Waals surface area (Å²) >= 11 is 28.4. The van der Waals surface area contributed by atoms with Crippen LogP contribution in [0.3, 0.4) is 0 Å². The highest BCUT2D eigenvalue weighted by Crippen LogP contribution is 2.34. The molecule has 0 spiro atoms. The lowest BCUT2D eigenvalue weighted by molar-refractivity contribution is 1.64. The lowest BCUT2D eigenvalue weighted by Gasteiger charge is -2.02. The van der Waals surface area contributed by atoms with E-state index in [1.165, 1.54) is 0 Å². The van der Waals surface area contributed by atoms with Crippen molar-refractivity contribution in [3.63, 3.8) is 0 Å². The maximum Gasteiger partial charge on any atom is 0.126 e. The van der Waals surface area contributed by atoms with E-state index >= 15 is 0 Å². The molecule has 0 radical (unpaired) electrons. The minimum atomic E-state index is -0.0363. The van der Waals surface area contributed by atoms with E-state index < -0.39 is 0 Å². The van der Waals surface area contributed by atoms with E-state index in [1.54, 1.807) is 18.2 Å². The summed E-state index contributed by atoms with van der Waals surface area (Å²) in [5.74, 6) is 0. The smallest absolute Gasteiger partial charge is 0.0843 e. The van der Waals surface area contributed by atoms with Gasteiger partial charge < -0.3 is 0 Å². The van der Waals surface area contributed by atoms with Gasteiger partial charge in [-0.1, -0.05) is 58.0 Å². The highest BCUT2D eigenvalue weighted by molar-refractivity contribution is 6.67. The molecule has 70 valence electrons. The summed E-state index contributed by atoms with van der Waals surface area (Å²) in [6, 6.07) is 4.87. The van der Waals surface area contributed by atoms with Crippen molar-refractivity contribution in [3.8, 4) is 0 Å². The summed E-state index contributed by atoms with van der Waals surface area (Å²) in [5, 5.41) is 1.16. The summed E-state index contributed by atoms with van der Waals surface area (Å²) < 4.78 is -0.0363. The highest BCUT2D eigenvalue weighted by Gasteiger charge is 2.08. The van der Waals surface area contributed by atoms with Crippen LogP contribution in [0, 0.1) is 0 Å². The van der Waals surface area contributed by atoms with E-state index in [4.69, 9.17) is 58.0 Å². The van der Waals surface area contributed by atoms with Crippen LogP contribution in [-0.2, 0) is 0 Å². The highest BCUT2D eigenvalue weighted by atomic mass is 35.5. The van der Waals surface area contributed by atoms with Crippen LogP contribution in [0.4, 0.5) is 0 Å². The SMILES string of the molecule is ClC(Cl)=C(Cl)c1cc(Cl)ccc1Cl. The van der Waals surface area contributed by atoms with Crippen molar-refractivity contribution in [3.05, 3.63) is 38.3 Å². The summed E-state index contributed by atoms with van der Waals surface area (Å²) in [5.41, 5.74) is 0.524. The molecule has 13 heavy (non-hydrogen) atoms. The van der Waals surface area contributed by atoms with Crippen molar-refractivity contribution >= 4 is 63.0 Å². The molecule has 0 aromatic heterocycles. The first-order valence-corrected chi connectivity index (χ1v) is 5.07. The Bertz CT molecular complexity index is 352. The van der Waals surface area contributed by atoms with Crippen LogP contribution in [-0.4, -0.2) is 0 Å². The fraction of sp³-hybridized carbons (Fsp3) is 0. The Labute approximate surface area is 101 Å². The third-order valence-electron chi connectivity index (χ3n) is 1.33. The summed E-state index contributed by atoms with van der Waals surface area (Å²) in [6.45, 7) is 0. The Morgan fingerprint density at radius 2 is 1.62 bits per heavy atom. The lowest BCUT2D eigenvalue weighted by atomic mass is 10.2. The van der Waals surface area contributed by atoms with E-state index in [0.717, 1.165) is 0 Å². The number of benzene rings is 1. The number of halogens is 5. The van der Waals surface area contributed by atoms with Gasteiger partial charge in [0.25, 0.3) is 0 Å². The standard InChI is InChI=1S/C8H3Cl5/c9-4-1-2-6(10)5(3-4)7(11)8(12)13/h1-3H. The zero-order chi connectivity index (χ0) is 10.0. The molecule has 1 rings (SSSR count). The molecule has 0 aliphatic heterocycles. The first-order chi connectivity index (χ1) is 6.02. The van der Waals surface area contributed by atoms with Gasteiger partial charge in [0.05, 0.1) is 5.03 Å². The molecule has 0 unspecified atom stereocenters. The molecule has 1 aromatic rings. The molecule has 0 amide bonds.